The van der Waals surface area contributed by atoms with Crippen molar-refractivity contribution < 1.29 is 14.2 Å². The summed E-state index contributed by atoms with van der Waals surface area (Å²) in [6, 6.07) is 7.02. The smallest absolute Gasteiger partial charge is 0.129 e. The molecule has 0 N–H and O–H groups in total. The van der Waals surface area contributed by atoms with E-state index in [1.54, 1.807) is 0 Å². The minimum absolute atomic E-state index is 0.161. The minimum Gasteiger partial charge on any atom is -0.497 e. The Bertz CT molecular complexity index is 925. The lowest BCUT2D eigenvalue weighted by Gasteiger charge is -2.36. The summed E-state index contributed by atoms with van der Waals surface area (Å²) in [6.07, 6.45) is 2.44. The van der Waals surface area contributed by atoms with Crippen LogP contribution in [-0.2, 0) is 12.8 Å². The number of fused-ring (bicyclic) bond motifs is 3. The maximum Gasteiger partial charge on any atom is 0.129 e. The molecule has 0 aliphatic carbocycles. The van der Waals surface area contributed by atoms with Crippen molar-refractivity contribution in [1.82, 2.24) is 0 Å². The molecule has 1 atom stereocenters. The summed E-state index contributed by atoms with van der Waals surface area (Å²) >= 11 is 0. The Labute approximate surface area is 162 Å². The minimum atomic E-state index is -0.196. The second-order valence-corrected chi connectivity index (χ2v) is 7.87. The van der Waals surface area contributed by atoms with Crippen LogP contribution >= 0.6 is 0 Å². The number of rotatable bonds is 4. The molecule has 7 nitrogen and oxygen atoms in total. The summed E-state index contributed by atoms with van der Waals surface area (Å²) in [5.41, 5.74) is 2.77. The van der Waals surface area contributed by atoms with E-state index in [1.165, 1.54) is 19.2 Å². The maximum absolute atomic E-state index is 11.4. The van der Waals surface area contributed by atoms with Gasteiger partial charge in [-0.25, -0.2) is 0 Å². The van der Waals surface area contributed by atoms with Crippen LogP contribution in [0.15, 0.2) is 34.6 Å². The van der Waals surface area contributed by atoms with Crippen molar-refractivity contribution >= 4 is 11.4 Å². The number of hydrogen-bond acceptors (Lipinski definition) is 7. The fraction of sp³-hybridized carbons (Fsp3) is 0.429. The van der Waals surface area contributed by atoms with E-state index in [1.807, 2.05) is 12.1 Å². The van der Waals surface area contributed by atoms with Gasteiger partial charge in [0.1, 0.15) is 34.2 Å². The van der Waals surface area contributed by atoms with Gasteiger partial charge in [-0.05, 0) is 55.1 Å². The molecule has 2 heterocycles. The molecule has 7 heteroatoms. The van der Waals surface area contributed by atoms with Crippen molar-refractivity contribution in [3.63, 3.8) is 0 Å². The fourth-order valence-corrected chi connectivity index (χ4v) is 4.08. The predicted molar refractivity (Wildman–Crippen MR) is 105 cm³/mol. The molecular formula is C21H22N2O5. The molecule has 2 aliphatic rings. The summed E-state index contributed by atoms with van der Waals surface area (Å²) in [5, 5.41) is 6.20. The standard InChI is InChI=1S/C21H22N2O5/c1-21(2)7-6-15-18(28-21)5-4-12-8-13(11-27-20(12)15)19-16(22-24)9-14(26-3)10-17(19)23-25/h4-5,9-10,13H,6-8,11H2,1-3H3. The van der Waals surface area contributed by atoms with E-state index in [2.05, 4.69) is 24.2 Å². The van der Waals surface area contributed by atoms with Crippen molar-refractivity contribution in [1.29, 1.82) is 0 Å². The Kier molecular flexibility index (Phi) is 4.53. The summed E-state index contributed by atoms with van der Waals surface area (Å²) in [7, 11) is 1.46. The second kappa shape index (κ2) is 6.89. The van der Waals surface area contributed by atoms with E-state index in [0.29, 0.717) is 24.3 Å². The zero-order chi connectivity index (χ0) is 19.9. The van der Waals surface area contributed by atoms with Crippen LogP contribution in [0.5, 0.6) is 17.2 Å². The van der Waals surface area contributed by atoms with E-state index >= 15 is 0 Å². The Morgan fingerprint density at radius 1 is 1.14 bits per heavy atom. The van der Waals surface area contributed by atoms with Gasteiger partial charge in [-0.3, -0.25) is 0 Å². The van der Waals surface area contributed by atoms with Gasteiger partial charge in [-0.15, -0.1) is 9.81 Å². The van der Waals surface area contributed by atoms with Crippen molar-refractivity contribution in [3.05, 3.63) is 50.8 Å². The van der Waals surface area contributed by atoms with E-state index in [0.717, 1.165) is 35.5 Å². The molecule has 1 unspecified atom stereocenters. The zero-order valence-corrected chi connectivity index (χ0v) is 16.2. The topological polar surface area (TPSA) is 86.6 Å². The van der Waals surface area contributed by atoms with Crippen LogP contribution in [0, 0.1) is 9.81 Å². The van der Waals surface area contributed by atoms with Crippen LogP contribution < -0.4 is 14.2 Å². The van der Waals surface area contributed by atoms with Gasteiger partial charge in [0.05, 0.1) is 13.7 Å². The molecule has 0 saturated heterocycles. The molecule has 0 saturated carbocycles. The molecule has 2 aromatic carbocycles. The first-order valence-corrected chi connectivity index (χ1v) is 9.31. The highest BCUT2D eigenvalue weighted by Crippen LogP contribution is 2.47. The highest BCUT2D eigenvalue weighted by molar-refractivity contribution is 5.66. The van der Waals surface area contributed by atoms with Crippen LogP contribution in [0.1, 0.15) is 42.9 Å². The van der Waals surface area contributed by atoms with Gasteiger partial charge in [0, 0.05) is 29.2 Å². The Hall–Kier alpha value is -2.96. The van der Waals surface area contributed by atoms with Crippen LogP contribution in [0.25, 0.3) is 0 Å². The molecule has 146 valence electrons. The monoisotopic (exact) mass is 382 g/mol. The van der Waals surface area contributed by atoms with E-state index in [4.69, 9.17) is 14.2 Å². The van der Waals surface area contributed by atoms with Gasteiger partial charge in [0.2, 0.25) is 0 Å². The molecule has 0 spiro atoms. The van der Waals surface area contributed by atoms with Crippen LogP contribution in [0.4, 0.5) is 11.4 Å². The fourth-order valence-electron chi connectivity index (χ4n) is 4.08. The SMILES string of the molecule is COc1cc(N=O)c(C2COc3c(ccc4c3CCC(C)(C)O4)C2)c(N=O)c1. The lowest BCUT2D eigenvalue weighted by atomic mass is 9.85. The molecular weight excluding hydrogens is 360 g/mol. The lowest BCUT2D eigenvalue weighted by Crippen LogP contribution is -2.33. The van der Waals surface area contributed by atoms with Crippen LogP contribution in [-0.4, -0.2) is 19.3 Å². The Balaban J connectivity index is 1.71. The van der Waals surface area contributed by atoms with Gasteiger partial charge in [-0.2, -0.15) is 0 Å². The number of ether oxygens (including phenoxy) is 3. The number of hydrogen-bond donors (Lipinski definition) is 0. The molecule has 0 amide bonds. The number of nitrogens with zero attached hydrogens (tertiary/aromatic N) is 2. The van der Waals surface area contributed by atoms with Crippen LogP contribution in [0.3, 0.4) is 0 Å². The van der Waals surface area contributed by atoms with Gasteiger partial charge in [0.25, 0.3) is 0 Å². The Morgan fingerprint density at radius 3 is 2.50 bits per heavy atom. The number of methoxy groups -OCH3 is 1. The summed E-state index contributed by atoms with van der Waals surface area (Å²) in [6.45, 7) is 4.50. The van der Waals surface area contributed by atoms with Gasteiger partial charge < -0.3 is 14.2 Å². The highest BCUT2D eigenvalue weighted by Gasteiger charge is 2.33. The first kappa shape index (κ1) is 18.4. The van der Waals surface area contributed by atoms with Crippen molar-refractivity contribution in [3.8, 4) is 17.2 Å². The third-order valence-corrected chi connectivity index (χ3v) is 5.51. The van der Waals surface area contributed by atoms with Crippen molar-refractivity contribution in [2.45, 2.75) is 44.6 Å². The van der Waals surface area contributed by atoms with Crippen LogP contribution in [0.2, 0.25) is 0 Å². The third kappa shape index (κ3) is 3.10. The average Bonchev–Trinajstić information content (AvgIpc) is 2.71. The lowest BCUT2D eigenvalue weighted by molar-refractivity contribution is 0.0827. The first-order chi connectivity index (χ1) is 13.5. The molecule has 2 aliphatic heterocycles. The molecule has 0 bridgehead atoms. The molecule has 0 fully saturated rings. The van der Waals surface area contributed by atoms with Crippen molar-refractivity contribution in [2.75, 3.05) is 13.7 Å². The highest BCUT2D eigenvalue weighted by atomic mass is 16.5. The summed E-state index contributed by atoms with van der Waals surface area (Å²) in [5.74, 6) is 1.90. The van der Waals surface area contributed by atoms with E-state index in [9.17, 15) is 9.81 Å². The Morgan fingerprint density at radius 2 is 1.86 bits per heavy atom. The first-order valence-electron chi connectivity index (χ1n) is 9.31. The molecule has 28 heavy (non-hydrogen) atoms. The normalized spacial score (nSPS) is 19.5. The quantitative estimate of drug-likeness (QED) is 0.669. The average molecular weight is 382 g/mol. The van der Waals surface area contributed by atoms with E-state index in [-0.39, 0.29) is 22.9 Å². The molecule has 0 radical (unpaired) electrons. The molecule has 4 rings (SSSR count). The molecule has 0 aromatic heterocycles. The van der Waals surface area contributed by atoms with Gasteiger partial charge in [0.15, 0.2) is 0 Å². The number of benzene rings is 2. The summed E-state index contributed by atoms with van der Waals surface area (Å²) in [4.78, 5) is 22.8. The number of nitroso groups, excluding NO2 is 2. The summed E-state index contributed by atoms with van der Waals surface area (Å²) < 4.78 is 17.3. The van der Waals surface area contributed by atoms with Gasteiger partial charge >= 0.3 is 0 Å². The largest absolute Gasteiger partial charge is 0.497 e. The predicted octanol–water partition coefficient (Wildman–Crippen LogP) is 5.31. The third-order valence-electron chi connectivity index (χ3n) is 5.51. The van der Waals surface area contributed by atoms with Gasteiger partial charge in [-0.1, -0.05) is 6.07 Å². The zero-order valence-electron chi connectivity index (χ0n) is 16.2. The van der Waals surface area contributed by atoms with Crippen molar-refractivity contribution in [2.24, 2.45) is 10.4 Å². The molecule has 2 aromatic rings. The van der Waals surface area contributed by atoms with E-state index < -0.39 is 0 Å². The second-order valence-electron chi connectivity index (χ2n) is 7.87. The maximum atomic E-state index is 11.4.